The number of aromatic nitrogens is 2. The number of benzene rings is 1. The number of anilines is 1. The Bertz CT molecular complexity index is 589. The number of hydrogen-bond acceptors (Lipinski definition) is 3. The maximum Gasteiger partial charge on any atom is 0.170 e. The second kappa shape index (κ2) is 4.91. The number of aryl methyl sites for hydroxylation is 2. The van der Waals surface area contributed by atoms with E-state index >= 15 is 0 Å². The lowest BCUT2D eigenvalue weighted by Gasteiger charge is -2.24. The van der Waals surface area contributed by atoms with Gasteiger partial charge in [0, 0.05) is 18.8 Å². The summed E-state index contributed by atoms with van der Waals surface area (Å²) >= 11 is 5.09. The van der Waals surface area contributed by atoms with Gasteiger partial charge in [-0.15, -0.1) is 0 Å². The number of imidazole rings is 1. The molecule has 0 unspecified atom stereocenters. The molecule has 0 aliphatic carbocycles. The van der Waals surface area contributed by atoms with Crippen LogP contribution < -0.4 is 16.4 Å². The molecule has 0 radical (unpaired) electrons. The third-order valence-electron chi connectivity index (χ3n) is 3.03. The van der Waals surface area contributed by atoms with Crippen LogP contribution in [-0.2, 0) is 0 Å². The number of nitrogens with one attached hydrogen (secondary N) is 1. The molecule has 1 aromatic carbocycles. The van der Waals surface area contributed by atoms with Gasteiger partial charge in [0.05, 0.1) is 17.4 Å². The highest BCUT2D eigenvalue weighted by atomic mass is 32.1. The predicted octanol–water partition coefficient (Wildman–Crippen LogP) is 1.19. The first-order valence-electron chi connectivity index (χ1n) is 5.76. The monoisotopic (exact) mass is 263 g/mol. The number of fused-ring (bicyclic) bond motifs is 1. The lowest BCUT2D eigenvalue weighted by Crippen LogP contribution is -2.39. The Morgan fingerprint density at radius 2 is 2.22 bits per heavy atom. The zero-order chi connectivity index (χ0) is 13.3. The predicted molar refractivity (Wildman–Crippen MR) is 78.8 cm³/mol. The van der Waals surface area contributed by atoms with E-state index < -0.39 is 0 Å². The molecule has 2 aromatic rings. The fourth-order valence-corrected chi connectivity index (χ4v) is 2.34. The summed E-state index contributed by atoms with van der Waals surface area (Å²) in [4.78, 5) is 9.32. The molecule has 0 aliphatic rings. The van der Waals surface area contributed by atoms with Crippen LogP contribution in [0.15, 0.2) is 12.4 Å². The summed E-state index contributed by atoms with van der Waals surface area (Å²) in [5.74, 6) is 0. The number of hydrogen-bond donors (Lipinski definition) is 3. The number of aromatic amines is 1. The van der Waals surface area contributed by atoms with Crippen LogP contribution in [0.25, 0.3) is 11.0 Å². The van der Waals surface area contributed by atoms with Crippen molar-refractivity contribution in [1.29, 1.82) is 0 Å². The first kappa shape index (κ1) is 12.8. The Morgan fingerprint density at radius 3 is 2.83 bits per heavy atom. The Balaban J connectivity index is 2.62. The number of nitrogens with zero attached hydrogens (tertiary/aromatic N) is 2. The molecule has 1 aromatic heterocycles. The summed E-state index contributed by atoms with van der Waals surface area (Å²) in [6.07, 6.45) is 1.70. The SMILES string of the molecule is Cc1cc(N(CCN)C(N)=S)c(C)c2[nH]cnc12. The van der Waals surface area contributed by atoms with Crippen molar-refractivity contribution in [3.63, 3.8) is 0 Å². The molecule has 6 heteroatoms. The van der Waals surface area contributed by atoms with E-state index in [2.05, 4.69) is 9.97 Å². The van der Waals surface area contributed by atoms with Gasteiger partial charge >= 0.3 is 0 Å². The Hall–Kier alpha value is -1.66. The van der Waals surface area contributed by atoms with Gasteiger partial charge in [-0.1, -0.05) is 0 Å². The smallest absolute Gasteiger partial charge is 0.170 e. The third kappa shape index (κ3) is 2.04. The van der Waals surface area contributed by atoms with Crippen LogP contribution in [0.5, 0.6) is 0 Å². The van der Waals surface area contributed by atoms with Crippen molar-refractivity contribution in [3.8, 4) is 0 Å². The Labute approximate surface area is 111 Å². The number of H-pyrrole nitrogens is 1. The van der Waals surface area contributed by atoms with Crippen molar-refractivity contribution in [2.75, 3.05) is 18.0 Å². The fourth-order valence-electron chi connectivity index (χ4n) is 2.15. The zero-order valence-corrected chi connectivity index (χ0v) is 11.3. The van der Waals surface area contributed by atoms with Crippen LogP contribution in [0.3, 0.4) is 0 Å². The molecule has 0 atom stereocenters. The largest absolute Gasteiger partial charge is 0.376 e. The molecule has 0 aliphatic heterocycles. The van der Waals surface area contributed by atoms with Gasteiger partial charge in [0.1, 0.15) is 0 Å². The lowest BCUT2D eigenvalue weighted by molar-refractivity contribution is 0.940. The molecule has 5 nitrogen and oxygen atoms in total. The van der Waals surface area contributed by atoms with Crippen molar-refractivity contribution in [2.24, 2.45) is 11.5 Å². The average Bonchev–Trinajstić information content (AvgIpc) is 2.80. The fraction of sp³-hybridized carbons (Fsp3) is 0.333. The van der Waals surface area contributed by atoms with Crippen molar-refractivity contribution >= 4 is 34.1 Å². The molecule has 0 spiro atoms. The lowest BCUT2D eigenvalue weighted by atomic mass is 10.1. The van der Waals surface area contributed by atoms with E-state index in [0.717, 1.165) is 27.8 Å². The topological polar surface area (TPSA) is 84.0 Å². The van der Waals surface area contributed by atoms with Crippen LogP contribution in [0.2, 0.25) is 0 Å². The molecule has 96 valence electrons. The van der Waals surface area contributed by atoms with Crippen molar-refractivity contribution < 1.29 is 0 Å². The first-order valence-corrected chi connectivity index (χ1v) is 6.17. The highest BCUT2D eigenvalue weighted by Crippen LogP contribution is 2.29. The summed E-state index contributed by atoms with van der Waals surface area (Å²) in [6.45, 7) is 5.15. The van der Waals surface area contributed by atoms with Crippen molar-refractivity contribution in [3.05, 3.63) is 23.5 Å². The highest BCUT2D eigenvalue weighted by Gasteiger charge is 2.15. The van der Waals surface area contributed by atoms with Crippen LogP contribution in [0.1, 0.15) is 11.1 Å². The molecule has 5 N–H and O–H groups in total. The van der Waals surface area contributed by atoms with Gasteiger partial charge in [0.25, 0.3) is 0 Å². The summed E-state index contributed by atoms with van der Waals surface area (Å²) in [7, 11) is 0. The molecule has 18 heavy (non-hydrogen) atoms. The van der Waals surface area contributed by atoms with Gasteiger partial charge in [-0.25, -0.2) is 4.98 Å². The van der Waals surface area contributed by atoms with Crippen LogP contribution in [0, 0.1) is 13.8 Å². The standard InChI is InChI=1S/C12H17N5S/c1-7-5-9(17(4-3-13)12(14)18)8(2)11-10(7)15-6-16-11/h5-6H,3-4,13H2,1-2H3,(H2,14,18)(H,15,16). The quantitative estimate of drug-likeness (QED) is 0.724. The molecular weight excluding hydrogens is 246 g/mol. The minimum Gasteiger partial charge on any atom is -0.376 e. The van der Waals surface area contributed by atoms with E-state index in [9.17, 15) is 0 Å². The van der Waals surface area contributed by atoms with E-state index in [-0.39, 0.29) is 0 Å². The number of thiocarbonyl (C=S) groups is 1. The average molecular weight is 263 g/mol. The molecule has 0 amide bonds. The molecular formula is C12H17N5S. The van der Waals surface area contributed by atoms with E-state index in [4.69, 9.17) is 23.7 Å². The zero-order valence-electron chi connectivity index (χ0n) is 10.5. The minimum absolute atomic E-state index is 0.335. The van der Waals surface area contributed by atoms with E-state index in [0.29, 0.717) is 18.2 Å². The van der Waals surface area contributed by atoms with Crippen LogP contribution in [-0.4, -0.2) is 28.2 Å². The van der Waals surface area contributed by atoms with Gasteiger partial charge in [-0.3, -0.25) is 0 Å². The second-order valence-electron chi connectivity index (χ2n) is 4.24. The summed E-state index contributed by atoms with van der Waals surface area (Å²) in [5, 5.41) is 0.335. The van der Waals surface area contributed by atoms with Gasteiger partial charge in [0.2, 0.25) is 0 Å². The van der Waals surface area contributed by atoms with Crippen LogP contribution in [0.4, 0.5) is 5.69 Å². The number of nitrogens with two attached hydrogens (primary N) is 2. The van der Waals surface area contributed by atoms with Crippen molar-refractivity contribution in [1.82, 2.24) is 9.97 Å². The highest BCUT2D eigenvalue weighted by molar-refractivity contribution is 7.80. The van der Waals surface area contributed by atoms with Gasteiger partial charge in [0.15, 0.2) is 5.11 Å². The van der Waals surface area contributed by atoms with Gasteiger partial charge in [-0.2, -0.15) is 0 Å². The van der Waals surface area contributed by atoms with E-state index in [1.165, 1.54) is 0 Å². The van der Waals surface area contributed by atoms with Crippen molar-refractivity contribution in [2.45, 2.75) is 13.8 Å². The van der Waals surface area contributed by atoms with Crippen LogP contribution >= 0.6 is 12.2 Å². The molecule has 0 bridgehead atoms. The number of rotatable bonds is 3. The normalized spacial score (nSPS) is 10.8. The Kier molecular flexibility index (Phi) is 3.49. The summed E-state index contributed by atoms with van der Waals surface area (Å²) in [5.41, 5.74) is 16.5. The summed E-state index contributed by atoms with van der Waals surface area (Å²) in [6, 6.07) is 2.05. The molecule has 2 rings (SSSR count). The first-order chi connectivity index (χ1) is 8.56. The molecule has 1 heterocycles. The molecule has 0 fully saturated rings. The Morgan fingerprint density at radius 1 is 1.50 bits per heavy atom. The van der Waals surface area contributed by atoms with E-state index in [1.807, 2.05) is 24.8 Å². The summed E-state index contributed by atoms with van der Waals surface area (Å²) < 4.78 is 0. The maximum absolute atomic E-state index is 5.77. The maximum atomic E-state index is 5.77. The van der Waals surface area contributed by atoms with E-state index in [1.54, 1.807) is 6.33 Å². The van der Waals surface area contributed by atoms with Gasteiger partial charge < -0.3 is 21.4 Å². The third-order valence-corrected chi connectivity index (χ3v) is 3.26. The minimum atomic E-state index is 0.335. The van der Waals surface area contributed by atoms with Gasteiger partial charge in [-0.05, 0) is 43.3 Å². The second-order valence-corrected chi connectivity index (χ2v) is 4.66. The molecule has 0 saturated heterocycles. The molecule has 0 saturated carbocycles.